The van der Waals surface area contributed by atoms with E-state index in [1.54, 1.807) is 42.5 Å². The zero-order chi connectivity index (χ0) is 31.9. The number of anilines is 1. The average Bonchev–Trinajstić information content (AvgIpc) is 3.62. The summed E-state index contributed by atoms with van der Waals surface area (Å²) in [5.41, 5.74) is 1.88. The quantitative estimate of drug-likeness (QED) is 0.0505. The van der Waals surface area contributed by atoms with Crippen LogP contribution in [-0.4, -0.2) is 46.8 Å². The molecule has 5 rings (SSSR count). The number of carbonyl (C=O) groups excluding carboxylic acids is 2. The Kier molecular flexibility index (Phi) is 10.6. The third-order valence-corrected chi connectivity index (χ3v) is 9.18. The third kappa shape index (κ3) is 7.27. The molecule has 1 amide bonds. The molecule has 1 N–H and O–H groups in total. The highest BCUT2D eigenvalue weighted by Crippen LogP contribution is 2.45. The van der Waals surface area contributed by atoms with Gasteiger partial charge in [0.15, 0.2) is 15.8 Å². The van der Waals surface area contributed by atoms with Crippen molar-refractivity contribution in [2.75, 3.05) is 24.7 Å². The van der Waals surface area contributed by atoms with Crippen molar-refractivity contribution in [1.82, 2.24) is 10.2 Å². The predicted molar refractivity (Wildman–Crippen MR) is 177 cm³/mol. The number of carbonyl (C=O) groups is 2. The Labute approximate surface area is 274 Å². The van der Waals surface area contributed by atoms with Gasteiger partial charge in [-0.2, -0.15) is 0 Å². The summed E-state index contributed by atoms with van der Waals surface area (Å²) in [7, 11) is 0. The molecule has 1 aliphatic rings. The van der Waals surface area contributed by atoms with E-state index in [1.165, 1.54) is 28.0 Å². The number of aliphatic hydroxyl groups excluding tert-OH is 1. The molecule has 1 atom stereocenters. The summed E-state index contributed by atoms with van der Waals surface area (Å²) in [4.78, 5) is 28.7. The summed E-state index contributed by atoms with van der Waals surface area (Å²) in [5, 5.41) is 21.0. The Hall–Kier alpha value is -4.06. The fourth-order valence-corrected chi connectivity index (χ4v) is 6.70. The van der Waals surface area contributed by atoms with Gasteiger partial charge in [-0.3, -0.25) is 14.5 Å². The van der Waals surface area contributed by atoms with Gasteiger partial charge in [0, 0.05) is 16.3 Å². The minimum absolute atomic E-state index is 0.0700. The summed E-state index contributed by atoms with van der Waals surface area (Å²) in [6, 6.07) is 18.4. The van der Waals surface area contributed by atoms with Crippen molar-refractivity contribution in [2.45, 2.75) is 43.3 Å². The minimum Gasteiger partial charge on any atom is -0.507 e. The van der Waals surface area contributed by atoms with E-state index in [2.05, 4.69) is 10.2 Å². The number of ether oxygens (including phenoxy) is 3. The second-order valence-corrected chi connectivity index (χ2v) is 12.5. The van der Waals surface area contributed by atoms with Crippen LogP contribution in [0.25, 0.3) is 5.76 Å². The highest BCUT2D eigenvalue weighted by atomic mass is 35.5. The van der Waals surface area contributed by atoms with Crippen molar-refractivity contribution in [1.29, 1.82) is 0 Å². The molecule has 1 saturated heterocycles. The number of rotatable bonds is 13. The predicted octanol–water partition coefficient (Wildman–Crippen LogP) is 7.70. The number of benzene rings is 3. The summed E-state index contributed by atoms with van der Waals surface area (Å²) >= 11 is 8.66. The van der Waals surface area contributed by atoms with Crippen LogP contribution in [0.15, 0.2) is 76.6 Å². The summed E-state index contributed by atoms with van der Waals surface area (Å²) < 4.78 is 17.9. The molecule has 1 unspecified atom stereocenters. The first-order valence-electron chi connectivity index (χ1n) is 14.5. The molecule has 1 fully saturated rings. The van der Waals surface area contributed by atoms with Crippen molar-refractivity contribution in [2.24, 2.45) is 0 Å². The Morgan fingerprint density at radius 3 is 2.36 bits per heavy atom. The second kappa shape index (κ2) is 14.8. The zero-order valence-corrected chi connectivity index (χ0v) is 27.4. The first-order chi connectivity index (χ1) is 21.8. The van der Waals surface area contributed by atoms with E-state index in [4.69, 9.17) is 25.8 Å². The van der Waals surface area contributed by atoms with Crippen LogP contribution in [0.2, 0.25) is 5.02 Å². The van der Waals surface area contributed by atoms with E-state index < -0.39 is 17.7 Å². The molecule has 0 bridgehead atoms. The van der Waals surface area contributed by atoms with Crippen LogP contribution in [0.5, 0.6) is 17.2 Å². The van der Waals surface area contributed by atoms with Gasteiger partial charge in [0.1, 0.15) is 11.5 Å². The van der Waals surface area contributed by atoms with E-state index in [9.17, 15) is 14.7 Å². The van der Waals surface area contributed by atoms with E-state index >= 15 is 0 Å². The van der Waals surface area contributed by atoms with Gasteiger partial charge in [-0.1, -0.05) is 59.8 Å². The van der Waals surface area contributed by atoms with Crippen LogP contribution in [0, 0.1) is 0 Å². The number of aromatic nitrogens is 2. The van der Waals surface area contributed by atoms with Gasteiger partial charge in [-0.15, -0.1) is 10.2 Å². The number of Topliss-reactive ketones (excluding diaryl/α,β-unsaturated/α-hetero) is 1. The molecule has 0 radical (unpaired) electrons. The maximum atomic E-state index is 13.7. The third-order valence-electron chi connectivity index (χ3n) is 6.81. The normalized spacial score (nSPS) is 15.8. The Bertz CT molecular complexity index is 1690. The van der Waals surface area contributed by atoms with Crippen molar-refractivity contribution in [3.63, 3.8) is 0 Å². The Morgan fingerprint density at radius 2 is 1.67 bits per heavy atom. The maximum Gasteiger partial charge on any atom is 0.301 e. The summed E-state index contributed by atoms with van der Waals surface area (Å²) in [6.45, 7) is 7.10. The lowest BCUT2D eigenvalue weighted by Crippen LogP contribution is -2.29. The molecule has 0 spiro atoms. The topological polar surface area (TPSA) is 111 Å². The Balaban J connectivity index is 1.56. The van der Waals surface area contributed by atoms with E-state index in [1.807, 2.05) is 45.0 Å². The molecule has 3 aromatic carbocycles. The largest absolute Gasteiger partial charge is 0.507 e. The zero-order valence-electron chi connectivity index (χ0n) is 25.0. The van der Waals surface area contributed by atoms with Crippen molar-refractivity contribution < 1.29 is 28.9 Å². The van der Waals surface area contributed by atoms with Gasteiger partial charge in [-0.25, -0.2) is 0 Å². The summed E-state index contributed by atoms with van der Waals surface area (Å²) in [5.74, 6) is 0.281. The number of ketones is 1. The van der Waals surface area contributed by atoms with Crippen molar-refractivity contribution in [3.8, 4) is 17.2 Å². The monoisotopic (exact) mass is 665 g/mol. The smallest absolute Gasteiger partial charge is 0.301 e. The van der Waals surface area contributed by atoms with E-state index in [0.29, 0.717) is 63.3 Å². The van der Waals surface area contributed by atoms with Gasteiger partial charge in [-0.05, 0) is 79.9 Å². The lowest BCUT2D eigenvalue weighted by atomic mass is 9.95. The molecule has 12 heteroatoms. The lowest BCUT2D eigenvalue weighted by Gasteiger charge is -2.23. The molecule has 0 saturated carbocycles. The molecule has 1 aliphatic heterocycles. The highest BCUT2D eigenvalue weighted by Gasteiger charge is 2.48. The molecule has 234 valence electrons. The number of amides is 1. The van der Waals surface area contributed by atoms with Gasteiger partial charge < -0.3 is 19.3 Å². The van der Waals surface area contributed by atoms with E-state index in [-0.39, 0.29) is 16.5 Å². The fraction of sp³-hybridized carbons (Fsp3) is 0.273. The average molecular weight is 666 g/mol. The molecular weight excluding hydrogens is 634 g/mol. The molecule has 4 aromatic rings. The van der Waals surface area contributed by atoms with Crippen LogP contribution >= 0.6 is 34.7 Å². The lowest BCUT2D eigenvalue weighted by molar-refractivity contribution is -0.132. The Morgan fingerprint density at radius 1 is 0.933 bits per heavy atom. The van der Waals surface area contributed by atoms with Gasteiger partial charge in [0.25, 0.3) is 5.78 Å². The summed E-state index contributed by atoms with van der Waals surface area (Å²) in [6.07, 6.45) is 0.810. The van der Waals surface area contributed by atoms with Crippen molar-refractivity contribution in [3.05, 3.63) is 94.0 Å². The molecule has 45 heavy (non-hydrogen) atoms. The first kappa shape index (κ1) is 32.3. The first-order valence-corrected chi connectivity index (χ1v) is 16.7. The van der Waals surface area contributed by atoms with Crippen LogP contribution in [0.3, 0.4) is 0 Å². The number of nitrogens with zero attached hydrogens (tertiary/aromatic N) is 3. The minimum atomic E-state index is -1.00. The molecular formula is C33H32ClN3O6S2. The highest BCUT2D eigenvalue weighted by molar-refractivity contribution is 8.00. The number of thioether (sulfide) groups is 1. The van der Waals surface area contributed by atoms with Gasteiger partial charge in [0.05, 0.1) is 31.4 Å². The van der Waals surface area contributed by atoms with Crippen molar-refractivity contribution >= 4 is 57.3 Å². The SMILES string of the molecule is CCCOc1ccc(C2/C(=C(\O)c3ccc(OCC)cc3)C(=O)C(=O)N2c2nnc(SCc3ccc(Cl)cc3)s2)cc1OCC. The molecule has 0 aliphatic carbocycles. The number of hydrogen-bond donors (Lipinski definition) is 1. The van der Waals surface area contributed by atoms with Crippen LogP contribution in [0.1, 0.15) is 49.9 Å². The molecule has 9 nitrogen and oxygen atoms in total. The van der Waals surface area contributed by atoms with E-state index in [0.717, 1.165) is 12.0 Å². The second-order valence-electron chi connectivity index (χ2n) is 9.88. The maximum absolute atomic E-state index is 13.7. The van der Waals surface area contributed by atoms with Gasteiger partial charge in [0.2, 0.25) is 5.13 Å². The van der Waals surface area contributed by atoms with Gasteiger partial charge >= 0.3 is 5.91 Å². The van der Waals surface area contributed by atoms with Crippen LogP contribution in [-0.2, 0) is 15.3 Å². The number of hydrogen-bond acceptors (Lipinski definition) is 10. The standard InChI is InChI=1S/C33H32ClN3O6S2/c1-4-17-43-25-16-11-22(18-26(25)42-6-3)28-27(29(38)21-9-14-24(15-10-21)41-5-2)30(39)31(40)37(28)32-35-36-33(45-32)44-19-20-7-12-23(34)13-8-20/h7-16,18,28,38H,4-6,17,19H2,1-3H3/b29-27+. The molecule has 1 aromatic heterocycles. The fourth-order valence-electron chi connectivity index (χ4n) is 4.75. The number of halogens is 1. The van der Waals surface area contributed by atoms with Crippen LogP contribution < -0.4 is 19.1 Å². The number of aliphatic hydroxyl groups is 1. The van der Waals surface area contributed by atoms with Crippen LogP contribution in [0.4, 0.5) is 5.13 Å². The molecule has 2 heterocycles.